The highest BCUT2D eigenvalue weighted by Crippen LogP contribution is 2.23. The predicted octanol–water partition coefficient (Wildman–Crippen LogP) is 3.70. The van der Waals surface area contributed by atoms with Gasteiger partial charge in [-0.15, -0.1) is 0 Å². The molecule has 0 spiro atoms. The number of benzene rings is 1. The van der Waals surface area contributed by atoms with Gasteiger partial charge in [0.15, 0.2) is 0 Å². The molecule has 0 bridgehead atoms. The fourth-order valence-corrected chi connectivity index (χ4v) is 1.81. The third-order valence-electron chi connectivity index (χ3n) is 1.78. The maximum atomic E-state index is 13.1. The molecule has 0 atom stereocenters. The van der Waals surface area contributed by atoms with E-state index >= 15 is 0 Å². The lowest BCUT2D eigenvalue weighted by atomic mass is 10.1. The summed E-state index contributed by atoms with van der Waals surface area (Å²) in [5, 5.41) is 0.146. The van der Waals surface area contributed by atoms with Crippen LogP contribution in [0.15, 0.2) is 34.9 Å². The van der Waals surface area contributed by atoms with E-state index in [2.05, 4.69) is 25.9 Å². The number of halogens is 3. The Hall–Kier alpha value is -1.00. The van der Waals surface area contributed by atoms with Crippen molar-refractivity contribution < 1.29 is 4.39 Å². The van der Waals surface area contributed by atoms with Gasteiger partial charge in [-0.25, -0.2) is 14.4 Å². The van der Waals surface area contributed by atoms with Crippen molar-refractivity contribution in [1.29, 1.82) is 0 Å². The van der Waals surface area contributed by atoms with Gasteiger partial charge in [0.1, 0.15) is 5.82 Å². The van der Waals surface area contributed by atoms with Gasteiger partial charge in [-0.1, -0.05) is 15.9 Å². The Labute approximate surface area is 99.3 Å². The second-order valence-electron chi connectivity index (χ2n) is 2.87. The van der Waals surface area contributed by atoms with Crippen LogP contribution < -0.4 is 0 Å². The number of nitrogens with zero attached hydrogens (tertiary/aromatic N) is 2. The van der Waals surface area contributed by atoms with Gasteiger partial charge in [0, 0.05) is 16.2 Å². The zero-order valence-electron chi connectivity index (χ0n) is 7.42. The lowest BCUT2D eigenvalue weighted by molar-refractivity contribution is 0.627. The quantitative estimate of drug-likeness (QED) is 0.747. The molecule has 5 heteroatoms. The summed E-state index contributed by atoms with van der Waals surface area (Å²) in [5.74, 6) is -0.325. The molecule has 1 aromatic heterocycles. The van der Waals surface area contributed by atoms with Crippen LogP contribution in [0.1, 0.15) is 0 Å². The molecule has 2 rings (SSSR count). The maximum Gasteiger partial charge on any atom is 0.222 e. The predicted molar refractivity (Wildman–Crippen MR) is 60.1 cm³/mol. The number of rotatable bonds is 1. The van der Waals surface area contributed by atoms with Gasteiger partial charge in [-0.2, -0.15) is 0 Å². The van der Waals surface area contributed by atoms with Crippen molar-refractivity contribution in [2.45, 2.75) is 0 Å². The lowest BCUT2D eigenvalue weighted by Crippen LogP contribution is -1.87. The molecule has 0 aliphatic heterocycles. The standard InChI is InChI=1S/C10H5BrClFN2/c11-7-3-6(4-8(13)5-7)9-1-2-14-10(12)15-9/h1-5H. The van der Waals surface area contributed by atoms with Gasteiger partial charge < -0.3 is 0 Å². The maximum absolute atomic E-state index is 13.1. The molecule has 76 valence electrons. The van der Waals surface area contributed by atoms with Crippen molar-refractivity contribution in [3.63, 3.8) is 0 Å². The molecule has 2 aromatic rings. The van der Waals surface area contributed by atoms with Crippen LogP contribution in [0.25, 0.3) is 11.3 Å². The van der Waals surface area contributed by atoms with Crippen LogP contribution in [-0.4, -0.2) is 9.97 Å². The van der Waals surface area contributed by atoms with E-state index in [1.165, 1.54) is 18.3 Å². The van der Waals surface area contributed by atoms with Crippen molar-refractivity contribution in [2.24, 2.45) is 0 Å². The summed E-state index contributed by atoms with van der Waals surface area (Å²) in [4.78, 5) is 7.75. The lowest BCUT2D eigenvalue weighted by Gasteiger charge is -2.01. The van der Waals surface area contributed by atoms with Crippen LogP contribution in [0, 0.1) is 5.82 Å². The molecule has 0 fully saturated rings. The van der Waals surface area contributed by atoms with Gasteiger partial charge >= 0.3 is 0 Å². The fraction of sp³-hybridized carbons (Fsp3) is 0. The average molecular weight is 288 g/mol. The molecule has 15 heavy (non-hydrogen) atoms. The first-order chi connectivity index (χ1) is 7.15. The summed E-state index contributed by atoms with van der Waals surface area (Å²) < 4.78 is 13.8. The molecule has 1 heterocycles. The van der Waals surface area contributed by atoms with Gasteiger partial charge in [-0.05, 0) is 35.9 Å². The Morgan fingerprint density at radius 1 is 1.27 bits per heavy atom. The number of hydrogen-bond donors (Lipinski definition) is 0. The van der Waals surface area contributed by atoms with E-state index in [0.29, 0.717) is 15.7 Å². The summed E-state index contributed by atoms with van der Waals surface area (Å²) in [7, 11) is 0. The SMILES string of the molecule is Fc1cc(Br)cc(-c2ccnc(Cl)n2)c1. The zero-order chi connectivity index (χ0) is 10.8. The Morgan fingerprint density at radius 2 is 2.07 bits per heavy atom. The monoisotopic (exact) mass is 286 g/mol. The molecule has 1 aromatic carbocycles. The molecule has 0 unspecified atom stereocenters. The molecule has 2 nitrogen and oxygen atoms in total. The van der Waals surface area contributed by atoms with E-state index < -0.39 is 0 Å². The van der Waals surface area contributed by atoms with Crippen molar-refractivity contribution in [1.82, 2.24) is 9.97 Å². The van der Waals surface area contributed by atoms with E-state index in [9.17, 15) is 4.39 Å². The van der Waals surface area contributed by atoms with E-state index in [4.69, 9.17) is 11.6 Å². The Bertz CT molecular complexity index is 484. The Morgan fingerprint density at radius 3 is 2.73 bits per heavy atom. The first-order valence-electron chi connectivity index (χ1n) is 4.10. The van der Waals surface area contributed by atoms with Gasteiger partial charge in [0.25, 0.3) is 0 Å². The second kappa shape index (κ2) is 4.24. The molecule has 0 N–H and O–H groups in total. The zero-order valence-corrected chi connectivity index (χ0v) is 9.76. The molecular weight excluding hydrogens is 282 g/mol. The van der Waals surface area contributed by atoms with Gasteiger partial charge in [-0.3, -0.25) is 0 Å². The van der Waals surface area contributed by atoms with Gasteiger partial charge in [0.05, 0.1) is 5.69 Å². The molecule has 0 saturated heterocycles. The molecule has 0 aliphatic rings. The Balaban J connectivity index is 2.54. The number of hydrogen-bond acceptors (Lipinski definition) is 2. The normalized spacial score (nSPS) is 10.3. The highest BCUT2D eigenvalue weighted by atomic mass is 79.9. The van der Waals surface area contributed by atoms with Crippen molar-refractivity contribution in [2.75, 3.05) is 0 Å². The molecule has 0 saturated carbocycles. The first-order valence-corrected chi connectivity index (χ1v) is 5.27. The van der Waals surface area contributed by atoms with Crippen LogP contribution in [-0.2, 0) is 0 Å². The summed E-state index contributed by atoms with van der Waals surface area (Å²) in [6.45, 7) is 0. The van der Waals surface area contributed by atoms with E-state index in [0.717, 1.165) is 0 Å². The molecule has 0 radical (unpaired) electrons. The highest BCUT2D eigenvalue weighted by molar-refractivity contribution is 9.10. The third-order valence-corrected chi connectivity index (χ3v) is 2.42. The summed E-state index contributed by atoms with van der Waals surface area (Å²) in [6.07, 6.45) is 1.53. The first kappa shape index (κ1) is 10.5. The molecular formula is C10H5BrClFN2. The minimum absolute atomic E-state index is 0.146. The van der Waals surface area contributed by atoms with E-state index in [1.807, 2.05) is 0 Å². The van der Waals surface area contributed by atoms with Crippen LogP contribution in [0.5, 0.6) is 0 Å². The highest BCUT2D eigenvalue weighted by Gasteiger charge is 2.04. The largest absolute Gasteiger partial charge is 0.226 e. The second-order valence-corrected chi connectivity index (χ2v) is 4.12. The minimum Gasteiger partial charge on any atom is -0.226 e. The van der Waals surface area contributed by atoms with E-state index in [1.54, 1.807) is 12.1 Å². The van der Waals surface area contributed by atoms with Crippen molar-refractivity contribution in [3.8, 4) is 11.3 Å². The number of aromatic nitrogens is 2. The van der Waals surface area contributed by atoms with Gasteiger partial charge in [0.2, 0.25) is 5.28 Å². The third kappa shape index (κ3) is 2.52. The fourth-order valence-electron chi connectivity index (χ4n) is 1.20. The van der Waals surface area contributed by atoms with Crippen molar-refractivity contribution in [3.05, 3.63) is 46.0 Å². The van der Waals surface area contributed by atoms with E-state index in [-0.39, 0.29) is 11.1 Å². The van der Waals surface area contributed by atoms with Crippen LogP contribution in [0.2, 0.25) is 5.28 Å². The minimum atomic E-state index is -0.325. The van der Waals surface area contributed by atoms with Crippen LogP contribution in [0.4, 0.5) is 4.39 Å². The smallest absolute Gasteiger partial charge is 0.222 e. The average Bonchev–Trinajstić information content (AvgIpc) is 2.16. The Kier molecular flexibility index (Phi) is 2.98. The summed E-state index contributed by atoms with van der Waals surface area (Å²) >= 11 is 8.86. The summed E-state index contributed by atoms with van der Waals surface area (Å²) in [5.41, 5.74) is 1.25. The topological polar surface area (TPSA) is 25.8 Å². The molecule has 0 aliphatic carbocycles. The van der Waals surface area contributed by atoms with Crippen LogP contribution >= 0.6 is 27.5 Å². The molecule has 0 amide bonds. The van der Waals surface area contributed by atoms with Crippen LogP contribution in [0.3, 0.4) is 0 Å². The summed E-state index contributed by atoms with van der Waals surface area (Å²) in [6, 6.07) is 6.21. The van der Waals surface area contributed by atoms with Crippen molar-refractivity contribution >= 4 is 27.5 Å².